The maximum absolute atomic E-state index is 11.4. The van der Waals surface area contributed by atoms with Gasteiger partial charge in [-0.15, -0.1) is 11.6 Å². The zero-order valence-corrected chi connectivity index (χ0v) is 14.1. The number of ether oxygens (including phenoxy) is 1. The van der Waals surface area contributed by atoms with Crippen LogP contribution in [0.3, 0.4) is 0 Å². The summed E-state index contributed by atoms with van der Waals surface area (Å²) in [5.74, 6) is 1.06. The van der Waals surface area contributed by atoms with Gasteiger partial charge in [-0.3, -0.25) is 4.79 Å². The number of aromatic nitrogens is 2. The molecule has 3 rings (SSSR count). The fourth-order valence-electron chi connectivity index (χ4n) is 2.21. The van der Waals surface area contributed by atoms with Crippen LogP contribution in [0, 0.1) is 0 Å². The van der Waals surface area contributed by atoms with Gasteiger partial charge in [0, 0.05) is 23.2 Å². The summed E-state index contributed by atoms with van der Waals surface area (Å²) in [5.41, 5.74) is 2.69. The number of halogens is 1. The molecule has 0 aliphatic rings. The molecule has 2 aromatic carbocycles. The van der Waals surface area contributed by atoms with Gasteiger partial charge in [0.2, 0.25) is 0 Å². The van der Waals surface area contributed by atoms with Crippen LogP contribution in [0.15, 0.2) is 67.0 Å². The highest BCUT2D eigenvalue weighted by Gasteiger charge is 2.05. The molecule has 0 aliphatic heterocycles. The highest BCUT2D eigenvalue weighted by atomic mass is 35.5. The minimum Gasteiger partial charge on any atom is -0.426 e. The fourth-order valence-corrected chi connectivity index (χ4v) is 2.36. The highest BCUT2D eigenvalue weighted by molar-refractivity contribution is 6.18. The van der Waals surface area contributed by atoms with Gasteiger partial charge in [0.15, 0.2) is 0 Å². The molecule has 0 atom stereocenters. The maximum atomic E-state index is 11.4. The molecule has 5 nitrogen and oxygen atoms in total. The minimum absolute atomic E-state index is 0.185. The number of carbonyl (C=O) groups is 1. The second kappa shape index (κ2) is 8.26. The lowest BCUT2D eigenvalue weighted by Crippen LogP contribution is -2.08. The Morgan fingerprint density at radius 1 is 1.04 bits per heavy atom. The first-order valence-corrected chi connectivity index (χ1v) is 8.29. The van der Waals surface area contributed by atoms with E-state index in [9.17, 15) is 4.79 Å². The first-order chi connectivity index (χ1) is 12.2. The molecular weight excluding hydrogens is 338 g/mol. The summed E-state index contributed by atoms with van der Waals surface area (Å²) >= 11 is 5.51. The van der Waals surface area contributed by atoms with Crippen molar-refractivity contribution in [3.8, 4) is 17.0 Å². The van der Waals surface area contributed by atoms with E-state index in [-0.39, 0.29) is 18.3 Å². The molecule has 0 radical (unpaired) electrons. The quantitative estimate of drug-likeness (QED) is 0.403. The second-order valence-corrected chi connectivity index (χ2v) is 5.59. The Morgan fingerprint density at radius 2 is 1.80 bits per heavy atom. The second-order valence-electron chi connectivity index (χ2n) is 5.22. The van der Waals surface area contributed by atoms with Crippen molar-refractivity contribution in [1.82, 2.24) is 9.97 Å². The Balaban J connectivity index is 1.69. The van der Waals surface area contributed by atoms with Crippen molar-refractivity contribution < 1.29 is 9.53 Å². The van der Waals surface area contributed by atoms with Gasteiger partial charge < -0.3 is 10.1 Å². The Labute approximate surface area is 150 Å². The molecule has 6 heteroatoms. The number of alkyl halides is 1. The molecule has 0 spiro atoms. The average molecular weight is 354 g/mol. The summed E-state index contributed by atoms with van der Waals surface area (Å²) in [6, 6.07) is 18.8. The Bertz CT molecular complexity index is 839. The van der Waals surface area contributed by atoms with Crippen molar-refractivity contribution in [1.29, 1.82) is 0 Å². The average Bonchev–Trinajstić information content (AvgIpc) is 2.65. The lowest BCUT2D eigenvalue weighted by atomic mass is 10.1. The molecule has 0 amide bonds. The first-order valence-electron chi connectivity index (χ1n) is 7.76. The van der Waals surface area contributed by atoms with Crippen LogP contribution in [-0.2, 0) is 4.79 Å². The molecule has 0 aliphatic carbocycles. The normalized spacial score (nSPS) is 10.3. The number of nitrogens with one attached hydrogen (secondary N) is 1. The predicted molar refractivity (Wildman–Crippen MR) is 98.2 cm³/mol. The number of nitrogens with zero attached hydrogens (tertiary/aromatic N) is 2. The van der Waals surface area contributed by atoms with Crippen LogP contribution in [0.2, 0.25) is 0 Å². The van der Waals surface area contributed by atoms with E-state index in [0.717, 1.165) is 16.9 Å². The molecule has 0 saturated carbocycles. The van der Waals surface area contributed by atoms with Gasteiger partial charge in [-0.2, -0.15) is 0 Å². The van der Waals surface area contributed by atoms with Gasteiger partial charge in [0.05, 0.1) is 12.1 Å². The minimum atomic E-state index is -0.348. The number of hydrogen-bond donors (Lipinski definition) is 1. The van der Waals surface area contributed by atoms with E-state index in [1.807, 2.05) is 48.5 Å². The molecule has 3 aromatic rings. The Hall–Kier alpha value is -2.92. The molecule has 0 fully saturated rings. The van der Waals surface area contributed by atoms with E-state index in [1.165, 1.54) is 6.33 Å². The van der Waals surface area contributed by atoms with Crippen molar-refractivity contribution in [3.63, 3.8) is 0 Å². The lowest BCUT2D eigenvalue weighted by molar-refractivity contribution is -0.133. The molecule has 1 heterocycles. The smallest absolute Gasteiger partial charge is 0.312 e. The monoisotopic (exact) mass is 353 g/mol. The molecule has 0 saturated heterocycles. The van der Waals surface area contributed by atoms with Crippen LogP contribution in [0.5, 0.6) is 5.75 Å². The third-order valence-electron chi connectivity index (χ3n) is 3.39. The molecule has 0 bridgehead atoms. The SMILES string of the molecule is O=C(CCCl)Oc1ccc(Nc2cc(-c3ccccc3)ncn2)cc1. The van der Waals surface area contributed by atoms with Crippen molar-refractivity contribution in [3.05, 3.63) is 67.0 Å². The number of carbonyl (C=O) groups excluding carboxylic acids is 1. The summed E-state index contributed by atoms with van der Waals surface area (Å²) in [7, 11) is 0. The Kier molecular flexibility index (Phi) is 5.59. The summed E-state index contributed by atoms with van der Waals surface area (Å²) in [4.78, 5) is 20.0. The zero-order valence-electron chi connectivity index (χ0n) is 13.4. The van der Waals surface area contributed by atoms with Crippen LogP contribution in [0.4, 0.5) is 11.5 Å². The van der Waals surface area contributed by atoms with E-state index in [2.05, 4.69) is 15.3 Å². The molecule has 126 valence electrons. The van der Waals surface area contributed by atoms with Crippen molar-refractivity contribution in [2.75, 3.05) is 11.2 Å². The van der Waals surface area contributed by atoms with Gasteiger partial charge in [-0.05, 0) is 24.3 Å². The van der Waals surface area contributed by atoms with Crippen molar-refractivity contribution in [2.24, 2.45) is 0 Å². The standard InChI is InChI=1S/C19H16ClN3O2/c20-11-10-19(24)25-16-8-6-15(7-9-16)23-18-12-17(21-13-22-18)14-4-2-1-3-5-14/h1-9,12-13H,10-11H2,(H,21,22,23). The first kappa shape index (κ1) is 16.9. The van der Waals surface area contributed by atoms with E-state index in [4.69, 9.17) is 16.3 Å². The van der Waals surface area contributed by atoms with Crippen LogP contribution in [0.25, 0.3) is 11.3 Å². The van der Waals surface area contributed by atoms with Crippen molar-refractivity contribution >= 4 is 29.1 Å². The molecular formula is C19H16ClN3O2. The van der Waals surface area contributed by atoms with E-state index >= 15 is 0 Å². The van der Waals surface area contributed by atoms with Crippen LogP contribution in [-0.4, -0.2) is 21.8 Å². The maximum Gasteiger partial charge on any atom is 0.312 e. The molecule has 0 unspecified atom stereocenters. The van der Waals surface area contributed by atoms with Crippen LogP contribution in [0.1, 0.15) is 6.42 Å². The lowest BCUT2D eigenvalue weighted by Gasteiger charge is -2.08. The van der Waals surface area contributed by atoms with Gasteiger partial charge >= 0.3 is 5.97 Å². The largest absolute Gasteiger partial charge is 0.426 e. The van der Waals surface area contributed by atoms with Gasteiger partial charge in [0.25, 0.3) is 0 Å². The highest BCUT2D eigenvalue weighted by Crippen LogP contribution is 2.22. The third-order valence-corrected chi connectivity index (χ3v) is 3.58. The molecule has 1 aromatic heterocycles. The Morgan fingerprint density at radius 3 is 2.52 bits per heavy atom. The summed E-state index contributed by atoms with van der Waals surface area (Å²) < 4.78 is 5.16. The molecule has 25 heavy (non-hydrogen) atoms. The van der Waals surface area contributed by atoms with Gasteiger partial charge in [-0.1, -0.05) is 30.3 Å². The summed E-state index contributed by atoms with van der Waals surface area (Å²) in [6.07, 6.45) is 1.71. The summed E-state index contributed by atoms with van der Waals surface area (Å²) in [6.45, 7) is 0. The number of rotatable bonds is 6. The number of hydrogen-bond acceptors (Lipinski definition) is 5. The third kappa shape index (κ3) is 4.78. The van der Waals surface area contributed by atoms with Crippen LogP contribution >= 0.6 is 11.6 Å². The molecule has 1 N–H and O–H groups in total. The van der Waals surface area contributed by atoms with Crippen LogP contribution < -0.4 is 10.1 Å². The van der Waals surface area contributed by atoms with E-state index < -0.39 is 0 Å². The fraction of sp³-hybridized carbons (Fsp3) is 0.105. The predicted octanol–water partition coefficient (Wildman–Crippen LogP) is 4.42. The van der Waals surface area contributed by atoms with Gasteiger partial charge in [0.1, 0.15) is 17.9 Å². The van der Waals surface area contributed by atoms with Crippen molar-refractivity contribution in [2.45, 2.75) is 6.42 Å². The van der Waals surface area contributed by atoms with E-state index in [0.29, 0.717) is 11.6 Å². The topological polar surface area (TPSA) is 64.1 Å². The summed E-state index contributed by atoms with van der Waals surface area (Å²) in [5, 5.41) is 3.21. The zero-order chi connectivity index (χ0) is 17.5. The number of anilines is 2. The van der Waals surface area contributed by atoms with Gasteiger partial charge in [-0.25, -0.2) is 9.97 Å². The number of benzene rings is 2. The van der Waals surface area contributed by atoms with E-state index in [1.54, 1.807) is 12.1 Å². The number of esters is 1.